The van der Waals surface area contributed by atoms with Gasteiger partial charge < -0.3 is 0 Å². The smallest absolute Gasteiger partial charge is 0.265 e. The van der Waals surface area contributed by atoms with E-state index in [0.717, 1.165) is 0 Å². The van der Waals surface area contributed by atoms with Crippen molar-refractivity contribution < 1.29 is 4.79 Å². The van der Waals surface area contributed by atoms with Gasteiger partial charge in [-0.15, -0.1) is 0 Å². The SMILES string of the molecule is Cc1nc2ccccc2c(=O)n1-c1ccc(C(=O)n2ccccc2=NC(C)C)cc1. The van der Waals surface area contributed by atoms with Crippen LogP contribution >= 0.6 is 0 Å². The van der Waals surface area contributed by atoms with Crippen LogP contribution in [-0.2, 0) is 0 Å². The third-order valence-electron chi connectivity index (χ3n) is 4.76. The van der Waals surface area contributed by atoms with Crippen molar-refractivity contribution in [2.24, 2.45) is 4.99 Å². The zero-order valence-corrected chi connectivity index (χ0v) is 17.1. The summed E-state index contributed by atoms with van der Waals surface area (Å²) in [5, 5.41) is 0.558. The lowest BCUT2D eigenvalue weighted by atomic mass is 10.1. The Hall–Kier alpha value is -3.80. The Morgan fingerprint density at radius 2 is 1.67 bits per heavy atom. The number of carbonyl (C=O) groups is 1. The number of nitrogens with zero attached hydrogens (tertiary/aromatic N) is 4. The van der Waals surface area contributed by atoms with Gasteiger partial charge >= 0.3 is 0 Å². The van der Waals surface area contributed by atoms with Crippen molar-refractivity contribution in [3.8, 4) is 5.69 Å². The third-order valence-corrected chi connectivity index (χ3v) is 4.76. The molecule has 4 aromatic rings. The standard InChI is InChI=1S/C24H22N4O2/c1-16(2)25-22-10-6-7-15-27(22)23(29)18-11-13-19(14-12-18)28-17(3)26-21-9-5-4-8-20(21)24(28)30/h4-16H,1-3H3. The molecule has 0 unspecified atom stereocenters. The first-order valence-electron chi connectivity index (χ1n) is 9.81. The first kappa shape index (κ1) is 19.5. The van der Waals surface area contributed by atoms with Gasteiger partial charge in [0.2, 0.25) is 0 Å². The maximum Gasteiger partial charge on any atom is 0.265 e. The summed E-state index contributed by atoms with van der Waals surface area (Å²) in [4.78, 5) is 35.1. The minimum absolute atomic E-state index is 0.0732. The minimum Gasteiger partial charge on any atom is -0.268 e. The molecule has 2 aromatic carbocycles. The molecular weight excluding hydrogens is 376 g/mol. The van der Waals surface area contributed by atoms with E-state index < -0.39 is 0 Å². The molecule has 0 N–H and O–H groups in total. The van der Waals surface area contributed by atoms with Crippen LogP contribution in [-0.4, -0.2) is 26.1 Å². The van der Waals surface area contributed by atoms with Crippen LogP contribution in [0.15, 0.2) is 82.7 Å². The van der Waals surface area contributed by atoms with Crippen LogP contribution in [0.3, 0.4) is 0 Å². The lowest BCUT2D eigenvalue weighted by molar-refractivity contribution is 0.0954. The predicted molar refractivity (Wildman–Crippen MR) is 117 cm³/mol. The van der Waals surface area contributed by atoms with Gasteiger partial charge in [0.25, 0.3) is 11.5 Å². The minimum atomic E-state index is -0.178. The average Bonchev–Trinajstić information content (AvgIpc) is 2.74. The van der Waals surface area contributed by atoms with E-state index in [1.54, 1.807) is 54.1 Å². The molecule has 0 aliphatic heterocycles. The van der Waals surface area contributed by atoms with Crippen molar-refractivity contribution in [2.75, 3.05) is 0 Å². The lowest BCUT2D eigenvalue weighted by Gasteiger charge is -2.12. The second-order valence-corrected chi connectivity index (χ2v) is 7.32. The lowest BCUT2D eigenvalue weighted by Crippen LogP contribution is -2.28. The van der Waals surface area contributed by atoms with E-state index >= 15 is 0 Å². The van der Waals surface area contributed by atoms with Gasteiger partial charge in [-0.05, 0) is 69.3 Å². The number of para-hydroxylation sites is 1. The molecule has 6 heteroatoms. The highest BCUT2D eigenvalue weighted by Gasteiger charge is 2.12. The summed E-state index contributed by atoms with van der Waals surface area (Å²) in [5.41, 5.74) is 2.32. The van der Waals surface area contributed by atoms with Gasteiger partial charge in [0.1, 0.15) is 11.3 Å². The number of rotatable bonds is 3. The van der Waals surface area contributed by atoms with Crippen molar-refractivity contribution in [2.45, 2.75) is 26.8 Å². The summed E-state index contributed by atoms with van der Waals surface area (Å²) >= 11 is 0. The Balaban J connectivity index is 1.76. The number of aryl methyl sites for hydroxylation is 1. The van der Waals surface area contributed by atoms with Gasteiger partial charge in [0.05, 0.1) is 16.6 Å². The normalized spacial score (nSPS) is 11.9. The summed E-state index contributed by atoms with van der Waals surface area (Å²) in [7, 11) is 0. The fourth-order valence-corrected chi connectivity index (χ4v) is 3.42. The van der Waals surface area contributed by atoms with Crippen LogP contribution in [0.5, 0.6) is 0 Å². The molecule has 150 valence electrons. The molecule has 30 heavy (non-hydrogen) atoms. The summed E-state index contributed by atoms with van der Waals surface area (Å²) in [6.07, 6.45) is 1.71. The van der Waals surface area contributed by atoms with E-state index in [-0.39, 0.29) is 17.5 Å². The average molecular weight is 398 g/mol. The number of benzene rings is 2. The van der Waals surface area contributed by atoms with Gasteiger partial charge in [-0.2, -0.15) is 0 Å². The number of pyridine rings is 1. The van der Waals surface area contributed by atoms with Crippen molar-refractivity contribution >= 4 is 16.8 Å². The highest BCUT2D eigenvalue weighted by atomic mass is 16.2. The molecule has 0 spiro atoms. The molecule has 0 aliphatic rings. The molecule has 4 rings (SSSR count). The second-order valence-electron chi connectivity index (χ2n) is 7.32. The molecule has 0 radical (unpaired) electrons. The molecule has 0 amide bonds. The number of carbonyl (C=O) groups excluding carboxylic acids is 1. The highest BCUT2D eigenvalue weighted by Crippen LogP contribution is 2.14. The first-order chi connectivity index (χ1) is 14.5. The number of hydrogen-bond acceptors (Lipinski definition) is 4. The molecule has 0 aliphatic carbocycles. The Morgan fingerprint density at radius 3 is 2.40 bits per heavy atom. The molecule has 0 atom stereocenters. The molecular formula is C24H22N4O2. The second kappa shape index (κ2) is 7.91. The van der Waals surface area contributed by atoms with E-state index in [4.69, 9.17) is 0 Å². The molecule has 6 nitrogen and oxygen atoms in total. The van der Waals surface area contributed by atoms with Gasteiger partial charge in [0, 0.05) is 17.8 Å². The molecule has 2 heterocycles. The zero-order valence-electron chi connectivity index (χ0n) is 17.1. The molecule has 0 bridgehead atoms. The Bertz CT molecular complexity index is 1360. The van der Waals surface area contributed by atoms with E-state index in [0.29, 0.717) is 33.5 Å². The number of hydrogen-bond donors (Lipinski definition) is 0. The van der Waals surface area contributed by atoms with Crippen LogP contribution in [0.1, 0.15) is 30.0 Å². The van der Waals surface area contributed by atoms with E-state index in [1.807, 2.05) is 44.2 Å². The Labute approximate surface area is 173 Å². The summed E-state index contributed by atoms with van der Waals surface area (Å²) in [6, 6.07) is 19.8. The van der Waals surface area contributed by atoms with Gasteiger partial charge in [0.15, 0.2) is 0 Å². The van der Waals surface area contributed by atoms with Gasteiger partial charge in [-0.3, -0.25) is 23.7 Å². The molecule has 0 saturated heterocycles. The zero-order chi connectivity index (χ0) is 21.3. The third kappa shape index (κ3) is 3.59. The largest absolute Gasteiger partial charge is 0.268 e. The van der Waals surface area contributed by atoms with Crippen molar-refractivity contribution in [3.05, 3.63) is 100 Å². The molecule has 0 saturated carbocycles. The van der Waals surface area contributed by atoms with Crippen LogP contribution in [0.4, 0.5) is 0 Å². The molecule has 0 fully saturated rings. The molecule has 2 aromatic heterocycles. The maximum atomic E-state index is 13.0. The van der Waals surface area contributed by atoms with Crippen LogP contribution in [0.25, 0.3) is 16.6 Å². The number of aromatic nitrogens is 3. The highest BCUT2D eigenvalue weighted by molar-refractivity contribution is 5.96. The maximum absolute atomic E-state index is 13.0. The fraction of sp³-hybridized carbons (Fsp3) is 0.167. The van der Waals surface area contributed by atoms with Gasteiger partial charge in [-0.25, -0.2) is 4.98 Å². The van der Waals surface area contributed by atoms with Crippen molar-refractivity contribution in [1.29, 1.82) is 0 Å². The van der Waals surface area contributed by atoms with E-state index in [1.165, 1.54) is 4.57 Å². The topological polar surface area (TPSA) is 69.2 Å². The van der Waals surface area contributed by atoms with Crippen LogP contribution < -0.4 is 11.0 Å². The first-order valence-corrected chi connectivity index (χ1v) is 9.81. The van der Waals surface area contributed by atoms with E-state index in [2.05, 4.69) is 9.98 Å². The van der Waals surface area contributed by atoms with Crippen LogP contribution in [0, 0.1) is 6.92 Å². The monoisotopic (exact) mass is 398 g/mol. The van der Waals surface area contributed by atoms with Crippen LogP contribution in [0.2, 0.25) is 0 Å². The van der Waals surface area contributed by atoms with E-state index in [9.17, 15) is 9.59 Å². The number of fused-ring (bicyclic) bond motifs is 1. The summed E-state index contributed by atoms with van der Waals surface area (Å²) < 4.78 is 3.09. The summed E-state index contributed by atoms with van der Waals surface area (Å²) in [6.45, 7) is 5.73. The quantitative estimate of drug-likeness (QED) is 0.530. The van der Waals surface area contributed by atoms with Gasteiger partial charge in [-0.1, -0.05) is 18.2 Å². The van der Waals surface area contributed by atoms with Crippen molar-refractivity contribution in [1.82, 2.24) is 14.1 Å². The predicted octanol–water partition coefficient (Wildman–Crippen LogP) is 3.49. The Kier molecular flexibility index (Phi) is 5.14. The fourth-order valence-electron chi connectivity index (χ4n) is 3.42. The van der Waals surface area contributed by atoms with Crippen molar-refractivity contribution in [3.63, 3.8) is 0 Å². The summed E-state index contributed by atoms with van der Waals surface area (Å²) in [5.74, 6) is 0.412. The Morgan fingerprint density at radius 1 is 0.967 bits per heavy atom.